The van der Waals surface area contributed by atoms with E-state index in [0.717, 1.165) is 30.6 Å². The zero-order valence-electron chi connectivity index (χ0n) is 17.0. The zero-order chi connectivity index (χ0) is 21.6. The van der Waals surface area contributed by atoms with Gasteiger partial charge in [0.2, 0.25) is 5.91 Å². The van der Waals surface area contributed by atoms with Gasteiger partial charge in [-0.3, -0.25) is 9.59 Å². The molecule has 1 aromatic carbocycles. The van der Waals surface area contributed by atoms with E-state index in [2.05, 4.69) is 0 Å². The predicted octanol–water partition coefficient (Wildman–Crippen LogP) is 4.29. The molecule has 1 spiro atoms. The molecule has 0 atom stereocenters. The molecular formula is C22H28F3NO4. The Bertz CT molecular complexity index is 742. The van der Waals surface area contributed by atoms with Crippen LogP contribution in [0.5, 0.6) is 5.75 Å². The summed E-state index contributed by atoms with van der Waals surface area (Å²) in [5.74, 6) is 0.0190. The molecule has 0 unspecified atom stereocenters. The maximum atomic E-state index is 12.9. The molecule has 30 heavy (non-hydrogen) atoms. The highest BCUT2D eigenvalue weighted by atomic mass is 19.4. The lowest BCUT2D eigenvalue weighted by atomic mass is 9.74. The standard InChI is InChI=1S/C22H28F3NO4/c23-22(24,25)10-8-19(27)26-13-11-21(12-14-26)9-4-3-6-17-5-1-2-7-18(17)29-15-16-30-20(21)28/h1-2,5,7H,3-4,6,8-16H2. The fourth-order valence-corrected chi connectivity index (χ4v) is 4.22. The van der Waals surface area contributed by atoms with Crippen LogP contribution in [-0.2, 0) is 20.7 Å². The molecular weight excluding hydrogens is 399 g/mol. The number of rotatable bonds is 2. The van der Waals surface area contributed by atoms with Crippen molar-refractivity contribution in [3.8, 4) is 5.75 Å². The molecule has 5 nitrogen and oxygen atoms in total. The summed E-state index contributed by atoms with van der Waals surface area (Å²) in [6.07, 6.45) is -1.95. The normalized spacial score (nSPS) is 20.4. The number of para-hydroxylation sites is 1. The lowest BCUT2D eigenvalue weighted by Crippen LogP contribution is -2.47. The number of benzene rings is 1. The first kappa shape index (κ1) is 22.4. The minimum atomic E-state index is -4.34. The second kappa shape index (κ2) is 9.71. The average molecular weight is 427 g/mol. The number of aryl methyl sites for hydroxylation is 1. The first-order valence-corrected chi connectivity index (χ1v) is 10.5. The average Bonchev–Trinajstić information content (AvgIpc) is 2.72. The van der Waals surface area contributed by atoms with E-state index in [9.17, 15) is 22.8 Å². The third-order valence-corrected chi connectivity index (χ3v) is 6.03. The van der Waals surface area contributed by atoms with Crippen molar-refractivity contribution in [3.05, 3.63) is 29.8 Å². The molecule has 2 heterocycles. The van der Waals surface area contributed by atoms with Crippen LogP contribution in [0.25, 0.3) is 0 Å². The summed E-state index contributed by atoms with van der Waals surface area (Å²) in [7, 11) is 0. The molecule has 0 bridgehead atoms. The summed E-state index contributed by atoms with van der Waals surface area (Å²) in [5.41, 5.74) is 0.447. The SMILES string of the molecule is O=C(CCC(F)(F)F)N1CCC2(CCCCc3ccccc3OCCOC2=O)CC1. The van der Waals surface area contributed by atoms with Gasteiger partial charge in [-0.2, -0.15) is 13.2 Å². The molecule has 0 radical (unpaired) electrons. The minimum Gasteiger partial charge on any atom is -0.490 e. The van der Waals surface area contributed by atoms with Gasteiger partial charge in [0, 0.05) is 19.5 Å². The summed E-state index contributed by atoms with van der Waals surface area (Å²) in [4.78, 5) is 26.4. The number of amides is 1. The van der Waals surface area contributed by atoms with Crippen LogP contribution in [0.3, 0.4) is 0 Å². The van der Waals surface area contributed by atoms with Crippen LogP contribution in [0, 0.1) is 5.41 Å². The zero-order valence-corrected chi connectivity index (χ0v) is 17.0. The van der Waals surface area contributed by atoms with Gasteiger partial charge in [-0.05, 0) is 43.7 Å². The second-order valence-corrected chi connectivity index (χ2v) is 8.08. The summed E-state index contributed by atoms with van der Waals surface area (Å²) < 4.78 is 48.4. The molecule has 2 aliphatic rings. The van der Waals surface area contributed by atoms with Crippen LogP contribution in [0.15, 0.2) is 24.3 Å². The smallest absolute Gasteiger partial charge is 0.389 e. The third kappa shape index (κ3) is 5.89. The third-order valence-electron chi connectivity index (χ3n) is 6.03. The number of hydrogen-bond donors (Lipinski definition) is 0. The van der Waals surface area contributed by atoms with Crippen molar-refractivity contribution in [1.82, 2.24) is 4.90 Å². The Morgan fingerprint density at radius 2 is 1.73 bits per heavy atom. The lowest BCUT2D eigenvalue weighted by molar-refractivity contribution is -0.163. The van der Waals surface area contributed by atoms with E-state index in [4.69, 9.17) is 9.47 Å². The number of carbonyl (C=O) groups excluding carboxylic acids is 2. The molecule has 2 aliphatic heterocycles. The number of ether oxygens (including phenoxy) is 2. The van der Waals surface area contributed by atoms with Crippen molar-refractivity contribution in [2.75, 3.05) is 26.3 Å². The topological polar surface area (TPSA) is 55.8 Å². The Hall–Kier alpha value is -2.25. The molecule has 1 amide bonds. The van der Waals surface area contributed by atoms with Crippen molar-refractivity contribution in [3.63, 3.8) is 0 Å². The lowest BCUT2D eigenvalue weighted by Gasteiger charge is -2.40. The molecule has 166 valence electrons. The molecule has 0 aromatic heterocycles. The fraction of sp³-hybridized carbons (Fsp3) is 0.636. The molecule has 8 heteroatoms. The molecule has 0 aliphatic carbocycles. The molecule has 3 rings (SSSR count). The summed E-state index contributed by atoms with van der Waals surface area (Å²) in [6, 6.07) is 7.83. The van der Waals surface area contributed by atoms with Crippen molar-refractivity contribution in [1.29, 1.82) is 0 Å². The quantitative estimate of drug-likeness (QED) is 0.661. The largest absolute Gasteiger partial charge is 0.490 e. The molecule has 0 saturated carbocycles. The second-order valence-electron chi connectivity index (χ2n) is 8.08. The number of likely N-dealkylation sites (tertiary alicyclic amines) is 1. The van der Waals surface area contributed by atoms with E-state index in [-0.39, 0.29) is 32.3 Å². The van der Waals surface area contributed by atoms with Gasteiger partial charge in [0.1, 0.15) is 19.0 Å². The number of carbonyl (C=O) groups is 2. The van der Waals surface area contributed by atoms with E-state index in [1.165, 1.54) is 4.90 Å². The highest BCUT2D eigenvalue weighted by Crippen LogP contribution is 2.39. The van der Waals surface area contributed by atoms with Crippen molar-refractivity contribution >= 4 is 11.9 Å². The van der Waals surface area contributed by atoms with E-state index in [1.807, 2.05) is 24.3 Å². The van der Waals surface area contributed by atoms with Crippen molar-refractivity contribution in [2.24, 2.45) is 5.41 Å². The van der Waals surface area contributed by atoms with Crippen LogP contribution in [0.1, 0.15) is 50.5 Å². The first-order valence-electron chi connectivity index (χ1n) is 10.5. The van der Waals surface area contributed by atoms with Gasteiger partial charge in [0.25, 0.3) is 0 Å². The number of piperidine rings is 1. The highest BCUT2D eigenvalue weighted by Gasteiger charge is 2.43. The maximum absolute atomic E-state index is 12.9. The van der Waals surface area contributed by atoms with Crippen LogP contribution >= 0.6 is 0 Å². The fourth-order valence-electron chi connectivity index (χ4n) is 4.22. The highest BCUT2D eigenvalue weighted by molar-refractivity contribution is 5.79. The van der Waals surface area contributed by atoms with Gasteiger partial charge in [0.15, 0.2) is 0 Å². The van der Waals surface area contributed by atoms with Gasteiger partial charge in [0.05, 0.1) is 11.8 Å². The Morgan fingerprint density at radius 3 is 2.47 bits per heavy atom. The Morgan fingerprint density at radius 1 is 1.03 bits per heavy atom. The number of alkyl halides is 3. The molecule has 1 saturated heterocycles. The van der Waals surface area contributed by atoms with E-state index < -0.39 is 30.3 Å². The number of esters is 1. The summed E-state index contributed by atoms with van der Waals surface area (Å²) in [6.45, 7) is 0.972. The molecule has 1 fully saturated rings. The van der Waals surface area contributed by atoms with E-state index in [1.54, 1.807) is 0 Å². The van der Waals surface area contributed by atoms with Gasteiger partial charge < -0.3 is 14.4 Å². The van der Waals surface area contributed by atoms with Crippen molar-refractivity contribution in [2.45, 2.75) is 57.5 Å². The first-order chi connectivity index (χ1) is 14.3. The van der Waals surface area contributed by atoms with E-state index >= 15 is 0 Å². The van der Waals surface area contributed by atoms with Gasteiger partial charge in [-0.15, -0.1) is 0 Å². The summed E-state index contributed by atoms with van der Waals surface area (Å²) >= 11 is 0. The number of fused-ring (bicyclic) bond motifs is 1. The number of halogens is 3. The Kier molecular flexibility index (Phi) is 7.26. The maximum Gasteiger partial charge on any atom is 0.389 e. The summed E-state index contributed by atoms with van der Waals surface area (Å²) in [5, 5.41) is 0. The van der Waals surface area contributed by atoms with Crippen LogP contribution < -0.4 is 4.74 Å². The molecule has 0 N–H and O–H groups in total. The van der Waals surface area contributed by atoms with Gasteiger partial charge >= 0.3 is 12.1 Å². The minimum absolute atomic E-state index is 0.142. The number of cyclic esters (lactones) is 1. The van der Waals surface area contributed by atoms with Crippen LogP contribution in [0.2, 0.25) is 0 Å². The monoisotopic (exact) mass is 427 g/mol. The molecule has 1 aromatic rings. The number of hydrogen-bond acceptors (Lipinski definition) is 4. The van der Waals surface area contributed by atoms with E-state index in [0.29, 0.717) is 19.3 Å². The number of nitrogens with zero attached hydrogens (tertiary/aromatic N) is 1. The predicted molar refractivity (Wildman–Crippen MR) is 104 cm³/mol. The Balaban J connectivity index is 1.60. The van der Waals surface area contributed by atoms with Gasteiger partial charge in [-0.1, -0.05) is 24.6 Å². The van der Waals surface area contributed by atoms with Gasteiger partial charge in [-0.25, -0.2) is 0 Å². The van der Waals surface area contributed by atoms with Crippen LogP contribution in [0.4, 0.5) is 13.2 Å². The van der Waals surface area contributed by atoms with Crippen LogP contribution in [-0.4, -0.2) is 49.3 Å². The van der Waals surface area contributed by atoms with Crippen molar-refractivity contribution < 1.29 is 32.2 Å². The Labute approximate surface area is 174 Å².